The minimum Gasteiger partial charge on any atom is -0.289 e. The van der Waals surface area contributed by atoms with E-state index in [1.807, 2.05) is 6.20 Å². The molecule has 1 fully saturated rings. The Hall–Kier alpha value is -1.61. The number of aromatic nitrogens is 2. The zero-order chi connectivity index (χ0) is 11.9. The molecule has 0 spiro atoms. The summed E-state index contributed by atoms with van der Waals surface area (Å²) in [5, 5.41) is 7.38. The first-order valence-electron chi connectivity index (χ1n) is 6.73. The second-order valence-corrected chi connectivity index (χ2v) is 5.41. The fraction of sp³-hybridized carbons (Fsp3) is 0.400. The van der Waals surface area contributed by atoms with E-state index in [1.165, 1.54) is 29.7 Å². The van der Waals surface area contributed by atoms with Crippen LogP contribution in [0.4, 0.5) is 0 Å². The maximum atomic E-state index is 4.21. The Morgan fingerprint density at radius 1 is 1.22 bits per heavy atom. The summed E-state index contributed by atoms with van der Waals surface area (Å²) in [4.78, 5) is 2.66. The van der Waals surface area contributed by atoms with Crippen LogP contribution in [0.15, 0.2) is 36.5 Å². The molecule has 2 atom stereocenters. The molecule has 0 unspecified atom stereocenters. The van der Waals surface area contributed by atoms with Gasteiger partial charge in [-0.1, -0.05) is 30.3 Å². The van der Waals surface area contributed by atoms with Gasteiger partial charge in [-0.2, -0.15) is 5.10 Å². The minimum absolute atomic E-state index is 0.581. The molecule has 3 heterocycles. The highest BCUT2D eigenvalue weighted by Crippen LogP contribution is 2.43. The summed E-state index contributed by atoms with van der Waals surface area (Å²) >= 11 is 0. The fourth-order valence-corrected chi connectivity index (χ4v) is 3.53. The number of benzene rings is 1. The van der Waals surface area contributed by atoms with Crippen molar-refractivity contribution in [1.82, 2.24) is 15.1 Å². The monoisotopic (exact) mass is 239 g/mol. The summed E-state index contributed by atoms with van der Waals surface area (Å²) in [6, 6.07) is 12.1. The maximum Gasteiger partial charge on any atom is 0.0538 e. The molecule has 0 saturated carbocycles. The molecule has 1 aromatic heterocycles. The zero-order valence-electron chi connectivity index (χ0n) is 10.3. The van der Waals surface area contributed by atoms with Gasteiger partial charge in [-0.25, -0.2) is 0 Å². The van der Waals surface area contributed by atoms with Gasteiger partial charge in [-0.05, 0) is 18.4 Å². The van der Waals surface area contributed by atoms with Gasteiger partial charge in [-0.3, -0.25) is 10.00 Å². The lowest BCUT2D eigenvalue weighted by Gasteiger charge is -2.34. The summed E-state index contributed by atoms with van der Waals surface area (Å²) in [5.74, 6) is 0. The van der Waals surface area contributed by atoms with Crippen molar-refractivity contribution < 1.29 is 0 Å². The molecule has 2 aliphatic heterocycles. The highest BCUT2D eigenvalue weighted by atomic mass is 15.2. The molecule has 2 aliphatic rings. The van der Waals surface area contributed by atoms with Gasteiger partial charge < -0.3 is 0 Å². The summed E-state index contributed by atoms with van der Waals surface area (Å²) in [7, 11) is 0. The van der Waals surface area contributed by atoms with Gasteiger partial charge in [-0.15, -0.1) is 0 Å². The van der Waals surface area contributed by atoms with Crippen LogP contribution < -0.4 is 0 Å². The molecular formula is C15H17N3. The average molecular weight is 239 g/mol. The second kappa shape index (κ2) is 3.95. The quantitative estimate of drug-likeness (QED) is 0.873. The third-order valence-corrected chi connectivity index (χ3v) is 4.40. The predicted molar refractivity (Wildman–Crippen MR) is 70.0 cm³/mol. The van der Waals surface area contributed by atoms with Gasteiger partial charge in [0.05, 0.1) is 6.20 Å². The molecule has 4 rings (SSSR count). The van der Waals surface area contributed by atoms with Crippen LogP contribution >= 0.6 is 0 Å². The SMILES string of the molecule is c1ccc(CN2[C@@H]3CC[C@@H]2c2cn[nH]c2C3)cc1. The Balaban J connectivity index is 1.64. The van der Waals surface area contributed by atoms with E-state index in [1.54, 1.807) is 0 Å². The van der Waals surface area contributed by atoms with Crippen LogP contribution in [0.2, 0.25) is 0 Å². The average Bonchev–Trinajstić information content (AvgIpc) is 2.97. The molecule has 18 heavy (non-hydrogen) atoms. The number of aromatic amines is 1. The normalized spacial score (nSPS) is 26.2. The van der Waals surface area contributed by atoms with Gasteiger partial charge in [0.25, 0.3) is 0 Å². The van der Waals surface area contributed by atoms with Crippen molar-refractivity contribution in [3.05, 3.63) is 53.3 Å². The lowest BCUT2D eigenvalue weighted by Crippen LogP contribution is -2.36. The summed E-state index contributed by atoms with van der Waals surface area (Å²) in [6.07, 6.45) is 5.77. The van der Waals surface area contributed by atoms with E-state index in [-0.39, 0.29) is 0 Å². The summed E-state index contributed by atoms with van der Waals surface area (Å²) < 4.78 is 0. The smallest absolute Gasteiger partial charge is 0.0538 e. The summed E-state index contributed by atoms with van der Waals surface area (Å²) in [6.45, 7) is 1.07. The standard InChI is InChI=1S/C15H17N3/c1-2-4-11(5-3-1)10-18-12-6-7-15(18)13-9-16-17-14(13)8-12/h1-5,9,12,15H,6-8,10H2,(H,16,17)/t12-,15-/m1/s1. The number of H-pyrrole nitrogens is 1. The molecule has 1 saturated heterocycles. The molecule has 92 valence electrons. The van der Waals surface area contributed by atoms with Crippen molar-refractivity contribution in [2.24, 2.45) is 0 Å². The Morgan fingerprint density at radius 3 is 3.00 bits per heavy atom. The highest BCUT2D eigenvalue weighted by Gasteiger charge is 2.40. The van der Waals surface area contributed by atoms with Crippen molar-refractivity contribution >= 4 is 0 Å². The van der Waals surface area contributed by atoms with E-state index in [0.29, 0.717) is 12.1 Å². The summed E-state index contributed by atoms with van der Waals surface area (Å²) in [5.41, 5.74) is 4.22. The number of hydrogen-bond donors (Lipinski definition) is 1. The van der Waals surface area contributed by atoms with Gasteiger partial charge in [0, 0.05) is 36.3 Å². The van der Waals surface area contributed by atoms with E-state index in [2.05, 4.69) is 45.4 Å². The van der Waals surface area contributed by atoms with Gasteiger partial charge in [0.15, 0.2) is 0 Å². The fourth-order valence-electron chi connectivity index (χ4n) is 3.53. The Morgan fingerprint density at radius 2 is 2.11 bits per heavy atom. The lowest BCUT2D eigenvalue weighted by atomic mass is 9.99. The van der Waals surface area contributed by atoms with Crippen LogP contribution in [0.3, 0.4) is 0 Å². The first-order valence-corrected chi connectivity index (χ1v) is 6.73. The number of nitrogens with one attached hydrogen (secondary N) is 1. The zero-order valence-corrected chi connectivity index (χ0v) is 10.3. The van der Waals surface area contributed by atoms with E-state index < -0.39 is 0 Å². The molecule has 0 amide bonds. The predicted octanol–water partition coefficient (Wildman–Crippen LogP) is 2.67. The first-order chi connectivity index (χ1) is 8.92. The van der Waals surface area contributed by atoms with Crippen LogP contribution in [0, 0.1) is 0 Å². The van der Waals surface area contributed by atoms with Crippen molar-refractivity contribution in [3.63, 3.8) is 0 Å². The topological polar surface area (TPSA) is 31.9 Å². The Kier molecular flexibility index (Phi) is 2.27. The molecule has 2 bridgehead atoms. The maximum absolute atomic E-state index is 4.21. The molecule has 1 N–H and O–H groups in total. The van der Waals surface area contributed by atoms with Crippen LogP contribution in [0.1, 0.15) is 35.7 Å². The second-order valence-electron chi connectivity index (χ2n) is 5.41. The highest BCUT2D eigenvalue weighted by molar-refractivity contribution is 5.28. The number of nitrogens with zero attached hydrogens (tertiary/aromatic N) is 2. The molecular weight excluding hydrogens is 222 g/mol. The molecule has 2 aromatic rings. The van der Waals surface area contributed by atoms with Crippen LogP contribution in [0.25, 0.3) is 0 Å². The number of hydrogen-bond acceptors (Lipinski definition) is 2. The minimum atomic E-state index is 0.581. The van der Waals surface area contributed by atoms with E-state index >= 15 is 0 Å². The van der Waals surface area contributed by atoms with Gasteiger partial charge >= 0.3 is 0 Å². The largest absolute Gasteiger partial charge is 0.289 e. The Labute approximate surface area is 107 Å². The van der Waals surface area contributed by atoms with Crippen LogP contribution in [-0.4, -0.2) is 21.1 Å². The van der Waals surface area contributed by atoms with Crippen molar-refractivity contribution in [3.8, 4) is 0 Å². The number of fused-ring (bicyclic) bond motifs is 4. The van der Waals surface area contributed by atoms with Crippen LogP contribution in [0.5, 0.6) is 0 Å². The van der Waals surface area contributed by atoms with Crippen molar-refractivity contribution in [2.75, 3.05) is 0 Å². The van der Waals surface area contributed by atoms with E-state index in [0.717, 1.165) is 13.0 Å². The third kappa shape index (κ3) is 1.51. The van der Waals surface area contributed by atoms with E-state index in [4.69, 9.17) is 0 Å². The van der Waals surface area contributed by atoms with Gasteiger partial charge in [0.1, 0.15) is 0 Å². The Bertz CT molecular complexity index is 546. The van der Waals surface area contributed by atoms with Crippen molar-refractivity contribution in [1.29, 1.82) is 0 Å². The molecule has 3 nitrogen and oxygen atoms in total. The molecule has 0 radical (unpaired) electrons. The lowest BCUT2D eigenvalue weighted by molar-refractivity contribution is 0.168. The van der Waals surface area contributed by atoms with Crippen LogP contribution in [-0.2, 0) is 13.0 Å². The van der Waals surface area contributed by atoms with Gasteiger partial charge in [0.2, 0.25) is 0 Å². The molecule has 0 aliphatic carbocycles. The molecule has 1 aromatic carbocycles. The molecule has 3 heteroatoms. The van der Waals surface area contributed by atoms with Crippen molar-refractivity contribution in [2.45, 2.75) is 37.9 Å². The third-order valence-electron chi connectivity index (χ3n) is 4.40. The first kappa shape index (κ1) is 10.3. The number of rotatable bonds is 2. The van der Waals surface area contributed by atoms with E-state index in [9.17, 15) is 0 Å².